The van der Waals surface area contributed by atoms with Gasteiger partial charge in [-0.1, -0.05) is 68.4 Å². The zero-order valence-corrected chi connectivity index (χ0v) is 12.4. The van der Waals surface area contributed by atoms with Crippen molar-refractivity contribution in [1.82, 2.24) is 4.98 Å². The third-order valence-electron chi connectivity index (χ3n) is 1.78. The molecule has 0 N–H and O–H groups in total. The normalized spacial score (nSPS) is 16.1. The standard InChI is InChI=1S/C9H8BrCl4N/c1-8(10,5-9(12,13)14)6-3-2-4-7(11)15-6/h2-4H,5H2,1H3. The highest BCUT2D eigenvalue weighted by atomic mass is 79.9. The van der Waals surface area contributed by atoms with Crippen molar-refractivity contribution in [3.8, 4) is 0 Å². The van der Waals surface area contributed by atoms with Crippen LogP contribution < -0.4 is 0 Å². The average Bonchev–Trinajstić information content (AvgIpc) is 1.99. The van der Waals surface area contributed by atoms with Crippen LogP contribution in [0.2, 0.25) is 5.15 Å². The Morgan fingerprint density at radius 2 is 1.93 bits per heavy atom. The Balaban J connectivity index is 2.95. The Bertz CT molecular complexity index is 348. The second kappa shape index (κ2) is 4.97. The molecule has 1 aromatic heterocycles. The fraction of sp³-hybridized carbons (Fsp3) is 0.444. The van der Waals surface area contributed by atoms with Gasteiger partial charge in [-0.25, -0.2) is 4.98 Å². The summed E-state index contributed by atoms with van der Waals surface area (Å²) in [5, 5.41) is 0.419. The number of rotatable bonds is 2. The summed E-state index contributed by atoms with van der Waals surface area (Å²) in [6, 6.07) is 5.34. The lowest BCUT2D eigenvalue weighted by atomic mass is 10.0. The SMILES string of the molecule is CC(Br)(CC(Cl)(Cl)Cl)c1cccc(Cl)n1. The maximum atomic E-state index is 5.79. The third-order valence-corrected chi connectivity index (χ3v) is 3.08. The molecule has 0 aliphatic carbocycles. The van der Waals surface area contributed by atoms with Gasteiger partial charge in [0, 0.05) is 6.42 Å². The minimum Gasteiger partial charge on any atom is -0.240 e. The number of pyridine rings is 1. The molecular weight excluding hydrogens is 344 g/mol. The molecule has 1 aromatic rings. The summed E-state index contributed by atoms with van der Waals surface area (Å²) < 4.78 is -1.84. The quantitative estimate of drug-likeness (QED) is 0.533. The van der Waals surface area contributed by atoms with Crippen LogP contribution in [0.25, 0.3) is 0 Å². The summed E-state index contributed by atoms with van der Waals surface area (Å²) in [5.74, 6) is 0. The first-order chi connectivity index (χ1) is 6.71. The van der Waals surface area contributed by atoms with E-state index in [1.54, 1.807) is 6.07 Å². The van der Waals surface area contributed by atoms with Crippen LogP contribution in [0, 0.1) is 0 Å². The topological polar surface area (TPSA) is 12.9 Å². The van der Waals surface area contributed by atoms with Gasteiger partial charge in [0.05, 0.1) is 10.0 Å². The molecule has 0 aliphatic heterocycles. The van der Waals surface area contributed by atoms with Gasteiger partial charge in [0.2, 0.25) is 0 Å². The maximum Gasteiger partial charge on any atom is 0.192 e. The smallest absolute Gasteiger partial charge is 0.192 e. The molecule has 6 heteroatoms. The first kappa shape index (κ1) is 13.9. The van der Waals surface area contributed by atoms with Crippen LogP contribution in [0.4, 0.5) is 0 Å². The highest BCUT2D eigenvalue weighted by Gasteiger charge is 2.35. The minimum absolute atomic E-state index is 0.304. The molecule has 1 atom stereocenters. The van der Waals surface area contributed by atoms with E-state index in [9.17, 15) is 0 Å². The molecule has 0 saturated heterocycles. The lowest BCUT2D eigenvalue weighted by Crippen LogP contribution is -2.22. The maximum absolute atomic E-state index is 5.79. The van der Waals surface area contributed by atoms with E-state index in [0.717, 1.165) is 5.69 Å². The lowest BCUT2D eigenvalue weighted by Gasteiger charge is -2.25. The lowest BCUT2D eigenvalue weighted by molar-refractivity contribution is 0.628. The Morgan fingerprint density at radius 1 is 1.33 bits per heavy atom. The first-order valence-electron chi connectivity index (χ1n) is 4.09. The first-order valence-corrected chi connectivity index (χ1v) is 6.40. The molecule has 0 aliphatic rings. The van der Waals surface area contributed by atoms with Crippen molar-refractivity contribution >= 4 is 62.3 Å². The van der Waals surface area contributed by atoms with Gasteiger partial charge in [-0.15, -0.1) is 0 Å². The predicted octanol–water partition coefficient (Wildman–Crippen LogP) is 5.11. The molecule has 0 bridgehead atoms. The summed E-state index contributed by atoms with van der Waals surface area (Å²) in [7, 11) is 0. The van der Waals surface area contributed by atoms with E-state index in [4.69, 9.17) is 46.4 Å². The van der Waals surface area contributed by atoms with Gasteiger partial charge < -0.3 is 0 Å². The van der Waals surface area contributed by atoms with Gasteiger partial charge in [0.25, 0.3) is 0 Å². The van der Waals surface area contributed by atoms with E-state index < -0.39 is 8.12 Å². The molecular formula is C9H8BrCl4N. The zero-order chi connectivity index (χ0) is 11.7. The van der Waals surface area contributed by atoms with Gasteiger partial charge in [-0.05, 0) is 19.1 Å². The van der Waals surface area contributed by atoms with Crippen LogP contribution in [-0.2, 0) is 4.32 Å². The van der Waals surface area contributed by atoms with Crippen molar-refractivity contribution in [3.63, 3.8) is 0 Å². The monoisotopic (exact) mass is 349 g/mol. The summed E-state index contributed by atoms with van der Waals surface area (Å²) in [6.45, 7) is 1.88. The third kappa shape index (κ3) is 4.66. The highest BCUT2D eigenvalue weighted by Crippen LogP contribution is 2.44. The number of nitrogens with zero attached hydrogens (tertiary/aromatic N) is 1. The molecule has 15 heavy (non-hydrogen) atoms. The van der Waals surface area contributed by atoms with Crippen molar-refractivity contribution in [1.29, 1.82) is 0 Å². The van der Waals surface area contributed by atoms with Crippen molar-refractivity contribution < 1.29 is 0 Å². The van der Waals surface area contributed by atoms with Gasteiger partial charge >= 0.3 is 0 Å². The van der Waals surface area contributed by atoms with E-state index in [1.165, 1.54) is 0 Å². The molecule has 1 nitrogen and oxygen atoms in total. The molecule has 84 valence electrons. The van der Waals surface area contributed by atoms with Crippen molar-refractivity contribution in [2.24, 2.45) is 0 Å². The molecule has 0 spiro atoms. The number of halogens is 5. The summed E-state index contributed by atoms with van der Waals surface area (Å²) in [4.78, 5) is 4.17. The predicted molar refractivity (Wildman–Crippen MR) is 70.4 cm³/mol. The molecule has 0 saturated carbocycles. The molecule has 1 heterocycles. The Morgan fingerprint density at radius 3 is 2.40 bits per heavy atom. The Labute approximate surface area is 117 Å². The molecule has 0 radical (unpaired) electrons. The van der Waals surface area contributed by atoms with Crippen LogP contribution in [-0.4, -0.2) is 8.78 Å². The number of aromatic nitrogens is 1. The highest BCUT2D eigenvalue weighted by molar-refractivity contribution is 9.09. The van der Waals surface area contributed by atoms with Crippen molar-refractivity contribution in [2.45, 2.75) is 21.5 Å². The van der Waals surface area contributed by atoms with Crippen LogP contribution in [0.5, 0.6) is 0 Å². The number of hydrogen-bond acceptors (Lipinski definition) is 1. The zero-order valence-electron chi connectivity index (χ0n) is 7.78. The van der Waals surface area contributed by atoms with Gasteiger partial charge in [0.15, 0.2) is 3.79 Å². The van der Waals surface area contributed by atoms with Crippen LogP contribution in [0.15, 0.2) is 18.2 Å². The van der Waals surface area contributed by atoms with E-state index in [1.807, 2.05) is 19.1 Å². The summed E-state index contributed by atoms with van der Waals surface area (Å²) in [6.07, 6.45) is 0.304. The van der Waals surface area contributed by atoms with Crippen LogP contribution >= 0.6 is 62.3 Å². The van der Waals surface area contributed by atoms with Crippen LogP contribution in [0.3, 0.4) is 0 Å². The van der Waals surface area contributed by atoms with E-state index in [0.29, 0.717) is 11.6 Å². The largest absolute Gasteiger partial charge is 0.240 e. The fourth-order valence-corrected chi connectivity index (χ4v) is 3.26. The molecule has 0 aromatic carbocycles. The summed E-state index contributed by atoms with van der Waals surface area (Å²) in [5.41, 5.74) is 0.737. The van der Waals surface area contributed by atoms with Gasteiger partial charge in [-0.3, -0.25) is 0 Å². The molecule has 1 unspecified atom stereocenters. The molecule has 1 rings (SSSR count). The fourth-order valence-electron chi connectivity index (χ4n) is 1.17. The average molecular weight is 352 g/mol. The Hall–Kier alpha value is 0.790. The Kier molecular flexibility index (Phi) is 4.59. The molecule has 0 amide bonds. The van der Waals surface area contributed by atoms with Crippen molar-refractivity contribution in [2.75, 3.05) is 0 Å². The van der Waals surface area contributed by atoms with E-state index in [2.05, 4.69) is 20.9 Å². The number of hydrogen-bond donors (Lipinski definition) is 0. The molecule has 0 fully saturated rings. The second-order valence-corrected chi connectivity index (χ2v) is 7.99. The van der Waals surface area contributed by atoms with E-state index in [-0.39, 0.29) is 0 Å². The van der Waals surface area contributed by atoms with E-state index >= 15 is 0 Å². The van der Waals surface area contributed by atoms with Gasteiger partial charge in [-0.2, -0.15) is 0 Å². The van der Waals surface area contributed by atoms with Crippen LogP contribution in [0.1, 0.15) is 19.0 Å². The van der Waals surface area contributed by atoms with Crippen molar-refractivity contribution in [3.05, 3.63) is 29.0 Å². The van der Waals surface area contributed by atoms with Gasteiger partial charge in [0.1, 0.15) is 5.15 Å². The summed E-state index contributed by atoms with van der Waals surface area (Å²) >= 11 is 26.5. The second-order valence-electron chi connectivity index (χ2n) is 3.33. The minimum atomic E-state index is -1.33. The number of alkyl halides is 4.